The van der Waals surface area contributed by atoms with Crippen molar-refractivity contribution in [1.82, 2.24) is 9.80 Å². The summed E-state index contributed by atoms with van der Waals surface area (Å²) in [5.74, 6) is 0.917. The number of hydrogen-bond acceptors (Lipinski definition) is 6. The van der Waals surface area contributed by atoms with Crippen molar-refractivity contribution < 1.29 is 19.0 Å². The van der Waals surface area contributed by atoms with Gasteiger partial charge in [-0.1, -0.05) is 60.7 Å². The van der Waals surface area contributed by atoms with Crippen LogP contribution in [0.5, 0.6) is 11.5 Å². The first-order valence-corrected chi connectivity index (χ1v) is 11.4. The van der Waals surface area contributed by atoms with E-state index >= 15 is 0 Å². The molecule has 1 fully saturated rings. The lowest BCUT2D eigenvalue weighted by Gasteiger charge is -2.39. The van der Waals surface area contributed by atoms with Gasteiger partial charge in [-0.2, -0.15) is 0 Å². The zero-order chi connectivity index (χ0) is 22.5. The molecule has 0 aliphatic carbocycles. The third kappa shape index (κ3) is 5.02. The Morgan fingerprint density at radius 2 is 1.45 bits per heavy atom. The molecule has 33 heavy (non-hydrogen) atoms. The molecule has 3 aromatic carbocycles. The number of carbonyl (C=O) groups excluding carboxylic acids is 1. The summed E-state index contributed by atoms with van der Waals surface area (Å²) in [6.45, 7) is 5.10. The van der Waals surface area contributed by atoms with Crippen LogP contribution in [0.25, 0.3) is 0 Å². The molecule has 0 spiro atoms. The van der Waals surface area contributed by atoms with Crippen LogP contribution in [0.3, 0.4) is 0 Å². The zero-order valence-electron chi connectivity index (χ0n) is 18.6. The predicted molar refractivity (Wildman–Crippen MR) is 126 cm³/mol. The lowest BCUT2D eigenvalue weighted by Crippen LogP contribution is -2.48. The predicted octanol–water partition coefficient (Wildman–Crippen LogP) is 3.98. The standard InChI is InChI=1S/C27H28N2O4/c30-27(23-11-12-24-25(19-23)33-20-32-24)31-18-17-28-13-15-29(16-14-28)26(21-7-3-1-4-8-21)22-9-5-2-6-10-22/h1-12,19,26H,13-18,20H2. The smallest absolute Gasteiger partial charge is 0.338 e. The SMILES string of the molecule is O=C(OCCN1CCN(C(c2ccccc2)c2ccccc2)CC1)c1ccc2c(c1)OCO2. The Hall–Kier alpha value is -3.35. The van der Waals surface area contributed by atoms with Crippen LogP contribution in [0.2, 0.25) is 0 Å². The topological polar surface area (TPSA) is 51.2 Å². The van der Waals surface area contributed by atoms with Crippen molar-refractivity contribution in [2.24, 2.45) is 0 Å². The van der Waals surface area contributed by atoms with Crippen molar-refractivity contribution >= 4 is 5.97 Å². The van der Waals surface area contributed by atoms with Crippen molar-refractivity contribution in [1.29, 1.82) is 0 Å². The van der Waals surface area contributed by atoms with Gasteiger partial charge < -0.3 is 14.2 Å². The first-order valence-electron chi connectivity index (χ1n) is 11.4. The van der Waals surface area contributed by atoms with E-state index in [1.165, 1.54) is 11.1 Å². The van der Waals surface area contributed by atoms with Gasteiger partial charge >= 0.3 is 5.97 Å². The summed E-state index contributed by atoms with van der Waals surface area (Å²) < 4.78 is 16.1. The van der Waals surface area contributed by atoms with Crippen LogP contribution in [-0.2, 0) is 4.74 Å². The number of nitrogens with zero attached hydrogens (tertiary/aromatic N) is 2. The van der Waals surface area contributed by atoms with Gasteiger partial charge in [-0.05, 0) is 29.3 Å². The fourth-order valence-corrected chi connectivity index (χ4v) is 4.50. The monoisotopic (exact) mass is 444 g/mol. The fourth-order valence-electron chi connectivity index (χ4n) is 4.50. The summed E-state index contributed by atoms with van der Waals surface area (Å²) in [4.78, 5) is 17.3. The molecule has 2 heterocycles. The molecular formula is C27H28N2O4. The van der Waals surface area contributed by atoms with Crippen LogP contribution >= 0.6 is 0 Å². The molecule has 0 atom stereocenters. The molecule has 5 rings (SSSR count). The van der Waals surface area contributed by atoms with E-state index in [4.69, 9.17) is 14.2 Å². The van der Waals surface area contributed by atoms with Gasteiger partial charge in [0, 0.05) is 32.7 Å². The highest BCUT2D eigenvalue weighted by Gasteiger charge is 2.26. The maximum atomic E-state index is 12.4. The quantitative estimate of drug-likeness (QED) is 0.514. The third-order valence-electron chi connectivity index (χ3n) is 6.25. The van der Waals surface area contributed by atoms with E-state index in [9.17, 15) is 4.79 Å². The molecule has 0 N–H and O–H groups in total. The molecule has 170 valence electrons. The second-order valence-electron chi connectivity index (χ2n) is 8.31. The second-order valence-corrected chi connectivity index (χ2v) is 8.31. The van der Waals surface area contributed by atoms with Gasteiger partial charge in [0.25, 0.3) is 0 Å². The highest BCUT2D eigenvalue weighted by molar-refractivity contribution is 5.90. The van der Waals surface area contributed by atoms with Crippen LogP contribution in [0.1, 0.15) is 27.5 Å². The molecular weight excluding hydrogens is 416 g/mol. The van der Waals surface area contributed by atoms with E-state index in [1.54, 1.807) is 18.2 Å². The number of hydrogen-bond donors (Lipinski definition) is 0. The minimum absolute atomic E-state index is 0.190. The van der Waals surface area contributed by atoms with E-state index in [2.05, 4.69) is 70.5 Å². The Morgan fingerprint density at radius 3 is 2.12 bits per heavy atom. The molecule has 2 aliphatic rings. The summed E-state index contributed by atoms with van der Waals surface area (Å²) >= 11 is 0. The molecule has 3 aromatic rings. The summed E-state index contributed by atoms with van der Waals surface area (Å²) in [5.41, 5.74) is 3.11. The lowest BCUT2D eigenvalue weighted by molar-refractivity contribution is 0.0407. The van der Waals surface area contributed by atoms with Gasteiger partial charge in [-0.15, -0.1) is 0 Å². The van der Waals surface area contributed by atoms with Gasteiger partial charge in [-0.25, -0.2) is 4.79 Å². The van der Waals surface area contributed by atoms with Crippen molar-refractivity contribution in [3.05, 3.63) is 95.6 Å². The van der Waals surface area contributed by atoms with Gasteiger partial charge in [0.2, 0.25) is 6.79 Å². The second kappa shape index (κ2) is 10.1. The number of piperazine rings is 1. The lowest BCUT2D eigenvalue weighted by atomic mass is 9.96. The molecule has 0 radical (unpaired) electrons. The van der Waals surface area contributed by atoms with Crippen molar-refractivity contribution in [2.75, 3.05) is 46.1 Å². The van der Waals surface area contributed by atoms with E-state index < -0.39 is 0 Å². The number of carbonyl (C=O) groups is 1. The fraction of sp³-hybridized carbons (Fsp3) is 0.296. The van der Waals surface area contributed by atoms with Gasteiger partial charge in [0.05, 0.1) is 11.6 Å². The molecule has 2 aliphatic heterocycles. The largest absolute Gasteiger partial charge is 0.461 e. The Balaban J connectivity index is 1.14. The molecule has 0 amide bonds. The molecule has 0 aromatic heterocycles. The molecule has 0 saturated carbocycles. The first kappa shape index (κ1) is 21.5. The Morgan fingerprint density at radius 1 is 0.818 bits per heavy atom. The summed E-state index contributed by atoms with van der Waals surface area (Å²) in [6, 6.07) is 26.8. The Labute approximate surface area is 194 Å². The molecule has 0 unspecified atom stereocenters. The normalized spacial score (nSPS) is 16.2. The van der Waals surface area contributed by atoms with Crippen LogP contribution in [0, 0.1) is 0 Å². The number of fused-ring (bicyclic) bond motifs is 1. The van der Waals surface area contributed by atoms with Gasteiger partial charge in [0.1, 0.15) is 6.61 Å². The maximum absolute atomic E-state index is 12.4. The van der Waals surface area contributed by atoms with Crippen molar-refractivity contribution in [3.63, 3.8) is 0 Å². The van der Waals surface area contributed by atoms with E-state index in [0.717, 1.165) is 32.7 Å². The van der Waals surface area contributed by atoms with Crippen molar-refractivity contribution in [2.45, 2.75) is 6.04 Å². The summed E-state index contributed by atoms with van der Waals surface area (Å²) in [6.07, 6.45) is 0. The van der Waals surface area contributed by atoms with Crippen LogP contribution in [0.4, 0.5) is 0 Å². The zero-order valence-corrected chi connectivity index (χ0v) is 18.6. The average molecular weight is 445 g/mol. The van der Waals surface area contributed by atoms with Crippen LogP contribution in [0.15, 0.2) is 78.9 Å². The summed E-state index contributed by atoms with van der Waals surface area (Å²) in [5, 5.41) is 0. The number of benzene rings is 3. The van der Waals surface area contributed by atoms with Crippen LogP contribution in [-0.4, -0.2) is 61.9 Å². The van der Waals surface area contributed by atoms with Gasteiger partial charge in [-0.3, -0.25) is 9.80 Å². The number of rotatable bonds is 7. The third-order valence-corrected chi connectivity index (χ3v) is 6.25. The van der Waals surface area contributed by atoms with E-state index in [-0.39, 0.29) is 18.8 Å². The van der Waals surface area contributed by atoms with E-state index in [0.29, 0.717) is 23.7 Å². The van der Waals surface area contributed by atoms with Crippen LogP contribution < -0.4 is 9.47 Å². The number of esters is 1. The Bertz CT molecular complexity index is 1030. The molecule has 1 saturated heterocycles. The number of ether oxygens (including phenoxy) is 3. The minimum atomic E-state index is -0.333. The molecule has 6 nitrogen and oxygen atoms in total. The minimum Gasteiger partial charge on any atom is -0.461 e. The maximum Gasteiger partial charge on any atom is 0.338 e. The highest BCUT2D eigenvalue weighted by Crippen LogP contribution is 2.33. The average Bonchev–Trinajstić information content (AvgIpc) is 3.34. The molecule has 6 heteroatoms. The van der Waals surface area contributed by atoms with E-state index in [1.807, 2.05) is 0 Å². The first-order chi connectivity index (χ1) is 16.3. The molecule has 0 bridgehead atoms. The Kier molecular flexibility index (Phi) is 6.56. The van der Waals surface area contributed by atoms with Gasteiger partial charge in [0.15, 0.2) is 11.5 Å². The van der Waals surface area contributed by atoms with Crippen molar-refractivity contribution in [3.8, 4) is 11.5 Å². The highest BCUT2D eigenvalue weighted by atomic mass is 16.7. The summed E-state index contributed by atoms with van der Waals surface area (Å²) in [7, 11) is 0.